The summed E-state index contributed by atoms with van der Waals surface area (Å²) in [6, 6.07) is 12.5. The first-order valence-corrected chi connectivity index (χ1v) is 13.2. The molecule has 0 aromatic heterocycles. The van der Waals surface area contributed by atoms with Gasteiger partial charge >= 0.3 is 11.9 Å². The standard InChI is InChI=1S/C31H35NO8/c1-7-39-30(34)25-17(3)32-22-16-21(19-11-9-10-12-23(19)37-5)27(31(35)40-8-2)29(33)28(22)26(25)20-14-13-18(36-4)15-24(20)38-6/h9-15,21,26-27,32H,7-8,16H2,1-6H3/t21-,26-,27+/m0/s1. The van der Waals surface area contributed by atoms with Gasteiger partial charge in [-0.2, -0.15) is 0 Å². The number of para-hydroxylation sites is 1. The van der Waals surface area contributed by atoms with E-state index in [4.69, 9.17) is 23.7 Å². The van der Waals surface area contributed by atoms with Gasteiger partial charge in [0.05, 0.1) is 46.0 Å². The van der Waals surface area contributed by atoms with Crippen molar-refractivity contribution < 1.29 is 38.1 Å². The number of esters is 2. The number of benzene rings is 2. The molecule has 1 N–H and O–H groups in total. The quantitative estimate of drug-likeness (QED) is 0.359. The topological polar surface area (TPSA) is 109 Å². The number of carbonyl (C=O) groups excluding carboxylic acids is 3. The fourth-order valence-electron chi connectivity index (χ4n) is 5.65. The van der Waals surface area contributed by atoms with Gasteiger partial charge in [-0.1, -0.05) is 24.3 Å². The Balaban J connectivity index is 1.96. The summed E-state index contributed by atoms with van der Waals surface area (Å²) in [5.41, 5.74) is 3.06. The normalized spacial score (nSPS) is 20.4. The van der Waals surface area contributed by atoms with Crippen LogP contribution in [0.15, 0.2) is 65.0 Å². The van der Waals surface area contributed by atoms with Crippen LogP contribution in [0.2, 0.25) is 0 Å². The summed E-state index contributed by atoms with van der Waals surface area (Å²) in [6.45, 7) is 5.47. The molecule has 1 heterocycles. The Kier molecular flexibility index (Phi) is 8.82. The van der Waals surface area contributed by atoms with Gasteiger partial charge in [0.1, 0.15) is 23.2 Å². The molecule has 1 aliphatic carbocycles. The highest BCUT2D eigenvalue weighted by molar-refractivity contribution is 6.13. The maximum atomic E-state index is 14.5. The van der Waals surface area contributed by atoms with E-state index in [0.717, 1.165) is 5.56 Å². The summed E-state index contributed by atoms with van der Waals surface area (Å²) in [4.78, 5) is 41.3. The summed E-state index contributed by atoms with van der Waals surface area (Å²) in [5.74, 6) is -2.61. The highest BCUT2D eigenvalue weighted by Gasteiger charge is 2.50. The summed E-state index contributed by atoms with van der Waals surface area (Å²) in [6.07, 6.45) is 0.313. The molecular weight excluding hydrogens is 514 g/mol. The Bertz CT molecular complexity index is 1380. The lowest BCUT2D eigenvalue weighted by Crippen LogP contribution is -2.43. The Morgan fingerprint density at radius 2 is 1.60 bits per heavy atom. The minimum Gasteiger partial charge on any atom is -0.497 e. The molecule has 40 heavy (non-hydrogen) atoms. The van der Waals surface area contributed by atoms with Crippen molar-refractivity contribution in [2.45, 2.75) is 39.0 Å². The third-order valence-electron chi connectivity index (χ3n) is 7.35. The van der Waals surface area contributed by atoms with E-state index in [1.165, 1.54) is 7.11 Å². The summed E-state index contributed by atoms with van der Waals surface area (Å²) >= 11 is 0. The monoisotopic (exact) mass is 549 g/mol. The van der Waals surface area contributed by atoms with Gasteiger partial charge in [0, 0.05) is 34.5 Å². The molecule has 2 aromatic rings. The van der Waals surface area contributed by atoms with Gasteiger partial charge in [-0.25, -0.2) is 4.79 Å². The Hall–Kier alpha value is -4.27. The van der Waals surface area contributed by atoms with E-state index in [9.17, 15) is 14.4 Å². The van der Waals surface area contributed by atoms with Crippen LogP contribution in [0, 0.1) is 5.92 Å². The average Bonchev–Trinajstić information content (AvgIpc) is 2.96. The van der Waals surface area contributed by atoms with Crippen LogP contribution in [-0.2, 0) is 23.9 Å². The first kappa shape index (κ1) is 28.7. The van der Waals surface area contributed by atoms with Crippen LogP contribution in [0.1, 0.15) is 50.2 Å². The number of hydrogen-bond donors (Lipinski definition) is 1. The largest absolute Gasteiger partial charge is 0.497 e. The molecule has 2 aromatic carbocycles. The number of allylic oxidation sites excluding steroid dienone is 3. The minimum absolute atomic E-state index is 0.119. The third-order valence-corrected chi connectivity index (χ3v) is 7.35. The van der Waals surface area contributed by atoms with Crippen LogP contribution in [0.3, 0.4) is 0 Å². The van der Waals surface area contributed by atoms with Crippen LogP contribution >= 0.6 is 0 Å². The van der Waals surface area contributed by atoms with Crippen LogP contribution in [0.4, 0.5) is 0 Å². The number of ketones is 1. The zero-order valence-corrected chi connectivity index (χ0v) is 23.7. The van der Waals surface area contributed by atoms with E-state index in [0.29, 0.717) is 46.2 Å². The molecular formula is C31H35NO8. The minimum atomic E-state index is -1.15. The van der Waals surface area contributed by atoms with Gasteiger partial charge in [0.25, 0.3) is 0 Å². The maximum absolute atomic E-state index is 14.5. The van der Waals surface area contributed by atoms with Crippen molar-refractivity contribution in [1.82, 2.24) is 5.32 Å². The van der Waals surface area contributed by atoms with Gasteiger partial charge < -0.3 is 29.0 Å². The van der Waals surface area contributed by atoms with Crippen molar-refractivity contribution in [3.05, 3.63) is 76.1 Å². The number of nitrogens with one attached hydrogen (secondary N) is 1. The molecule has 0 amide bonds. The van der Waals surface area contributed by atoms with Crippen LogP contribution in [0.25, 0.3) is 0 Å². The molecule has 9 nitrogen and oxygen atoms in total. The average molecular weight is 550 g/mol. The number of rotatable bonds is 9. The lowest BCUT2D eigenvalue weighted by Gasteiger charge is -2.40. The Morgan fingerprint density at radius 3 is 2.25 bits per heavy atom. The van der Waals surface area contributed by atoms with Crippen molar-refractivity contribution >= 4 is 17.7 Å². The smallest absolute Gasteiger partial charge is 0.336 e. The number of methoxy groups -OCH3 is 3. The van der Waals surface area contributed by atoms with E-state index in [2.05, 4.69) is 5.32 Å². The summed E-state index contributed by atoms with van der Waals surface area (Å²) in [7, 11) is 4.61. The van der Waals surface area contributed by atoms with Crippen molar-refractivity contribution in [2.75, 3.05) is 34.5 Å². The molecule has 0 saturated carbocycles. The Morgan fingerprint density at radius 1 is 0.900 bits per heavy atom. The number of carbonyl (C=O) groups is 3. The maximum Gasteiger partial charge on any atom is 0.336 e. The molecule has 212 valence electrons. The van der Waals surface area contributed by atoms with E-state index in [1.807, 2.05) is 18.2 Å². The second-order valence-electron chi connectivity index (χ2n) is 9.46. The summed E-state index contributed by atoms with van der Waals surface area (Å²) < 4.78 is 27.5. The second kappa shape index (κ2) is 12.3. The molecule has 0 fully saturated rings. The van der Waals surface area contributed by atoms with Crippen LogP contribution in [-0.4, -0.2) is 52.3 Å². The van der Waals surface area contributed by atoms with Gasteiger partial charge in [0.2, 0.25) is 0 Å². The number of hydrogen-bond acceptors (Lipinski definition) is 9. The lowest BCUT2D eigenvalue weighted by atomic mass is 9.67. The first-order valence-electron chi connectivity index (χ1n) is 13.2. The molecule has 0 spiro atoms. The SMILES string of the molecule is CCOC(=O)C1=C(C)NC2=C(C(=O)[C@H](C(=O)OCC)[C@H](c3ccccc3OC)C2)[C@H]1c1ccc(OC)cc1OC. The van der Waals surface area contributed by atoms with Crippen LogP contribution < -0.4 is 19.5 Å². The summed E-state index contributed by atoms with van der Waals surface area (Å²) in [5, 5.41) is 3.31. The zero-order valence-electron chi connectivity index (χ0n) is 23.7. The molecule has 3 atom stereocenters. The van der Waals surface area contributed by atoms with E-state index in [-0.39, 0.29) is 18.8 Å². The molecule has 9 heteroatoms. The molecule has 2 aliphatic rings. The van der Waals surface area contributed by atoms with Crippen molar-refractivity contribution in [3.8, 4) is 17.2 Å². The van der Waals surface area contributed by atoms with Gasteiger partial charge in [0.15, 0.2) is 5.78 Å². The van der Waals surface area contributed by atoms with Crippen molar-refractivity contribution in [3.63, 3.8) is 0 Å². The van der Waals surface area contributed by atoms with Crippen molar-refractivity contribution in [2.24, 2.45) is 5.92 Å². The lowest BCUT2D eigenvalue weighted by molar-refractivity contribution is -0.152. The van der Waals surface area contributed by atoms with Gasteiger partial charge in [-0.3, -0.25) is 9.59 Å². The van der Waals surface area contributed by atoms with E-state index >= 15 is 0 Å². The molecule has 0 radical (unpaired) electrons. The molecule has 0 unspecified atom stereocenters. The fraction of sp³-hybridized carbons (Fsp3) is 0.387. The van der Waals surface area contributed by atoms with Crippen molar-refractivity contribution in [1.29, 1.82) is 0 Å². The molecule has 1 aliphatic heterocycles. The highest BCUT2D eigenvalue weighted by Crippen LogP contribution is 2.51. The first-order chi connectivity index (χ1) is 19.3. The second-order valence-corrected chi connectivity index (χ2v) is 9.46. The van der Waals surface area contributed by atoms with Gasteiger partial charge in [-0.05, 0) is 44.9 Å². The Labute approximate surface area is 234 Å². The molecule has 4 rings (SSSR count). The van der Waals surface area contributed by atoms with E-state index < -0.39 is 35.5 Å². The number of dihydropyridines is 1. The van der Waals surface area contributed by atoms with E-state index in [1.54, 1.807) is 59.3 Å². The third kappa shape index (κ3) is 5.15. The fourth-order valence-corrected chi connectivity index (χ4v) is 5.65. The molecule has 0 saturated heterocycles. The molecule has 0 bridgehead atoms. The predicted octanol–water partition coefficient (Wildman–Crippen LogP) is 4.43. The zero-order chi connectivity index (χ0) is 29.0. The van der Waals surface area contributed by atoms with Gasteiger partial charge in [-0.15, -0.1) is 0 Å². The van der Waals surface area contributed by atoms with Crippen LogP contribution in [0.5, 0.6) is 17.2 Å². The number of ether oxygens (including phenoxy) is 5. The predicted molar refractivity (Wildman–Crippen MR) is 147 cm³/mol. The number of Topliss-reactive ketones (excluding diaryl/α,β-unsaturated/α-hetero) is 1. The highest BCUT2D eigenvalue weighted by atomic mass is 16.5.